The van der Waals surface area contributed by atoms with E-state index in [1.54, 1.807) is 0 Å². The summed E-state index contributed by atoms with van der Waals surface area (Å²) >= 11 is 0. The minimum absolute atomic E-state index is 0.832. The van der Waals surface area contributed by atoms with Crippen LogP contribution in [-0.2, 0) is 6.42 Å². The van der Waals surface area contributed by atoms with Gasteiger partial charge in [-0.05, 0) is 69.4 Å². The Kier molecular flexibility index (Phi) is 5.48. The average Bonchev–Trinajstić information content (AvgIpc) is 3.65. The van der Waals surface area contributed by atoms with Crippen LogP contribution in [0.5, 0.6) is 0 Å². The van der Waals surface area contributed by atoms with Crippen LogP contribution in [0.2, 0.25) is 0 Å². The molecule has 9 aromatic rings. The number of aromatic nitrogens is 2. The van der Waals surface area contributed by atoms with Gasteiger partial charge >= 0.3 is 0 Å². The molecule has 0 atom stereocenters. The fourth-order valence-electron chi connectivity index (χ4n) is 6.96. The number of benzene rings is 7. The van der Waals surface area contributed by atoms with Gasteiger partial charge in [-0.15, -0.1) is 0 Å². The molecule has 0 spiro atoms. The molecule has 0 fully saturated rings. The second kappa shape index (κ2) is 9.68. The van der Waals surface area contributed by atoms with Crippen LogP contribution in [-0.4, -0.2) is 9.55 Å². The minimum atomic E-state index is 0.832. The number of fused-ring (bicyclic) bond motifs is 6. The summed E-state index contributed by atoms with van der Waals surface area (Å²) < 4.78 is 8.61. The molecule has 2 heterocycles. The number of nitrogens with zero attached hydrogens (tertiary/aromatic N) is 2. The summed E-state index contributed by atoms with van der Waals surface area (Å²) in [5, 5.41) is 7.11. The van der Waals surface area contributed by atoms with E-state index in [0.29, 0.717) is 0 Å². The second-order valence-corrected chi connectivity index (χ2v) is 11.4. The Labute approximate surface area is 254 Å². The van der Waals surface area contributed by atoms with Crippen molar-refractivity contribution in [3.63, 3.8) is 0 Å². The zero-order valence-corrected chi connectivity index (χ0v) is 24.3. The molecule has 0 bridgehead atoms. The largest absolute Gasteiger partial charge is 0.456 e. The van der Waals surface area contributed by atoms with Crippen LogP contribution in [0.15, 0.2) is 144 Å². The fourth-order valence-corrected chi connectivity index (χ4v) is 6.96. The van der Waals surface area contributed by atoms with Gasteiger partial charge < -0.3 is 4.42 Å². The van der Waals surface area contributed by atoms with Crippen LogP contribution in [0.3, 0.4) is 0 Å². The fraction of sp³-hybridized carbons (Fsp3) is 0.0488. The molecule has 208 valence electrons. The molecular formula is C41H28N2O. The molecule has 0 radical (unpaired) electrons. The Morgan fingerprint density at radius 2 is 1.18 bits per heavy atom. The van der Waals surface area contributed by atoms with Crippen molar-refractivity contribution >= 4 is 54.5 Å². The molecule has 44 heavy (non-hydrogen) atoms. The van der Waals surface area contributed by atoms with Crippen LogP contribution >= 0.6 is 0 Å². The number of rotatable bonds is 4. The lowest BCUT2D eigenvalue weighted by atomic mass is 9.88. The van der Waals surface area contributed by atoms with E-state index in [4.69, 9.17) is 9.40 Å². The Hall–Kier alpha value is -5.67. The first-order chi connectivity index (χ1) is 21.8. The van der Waals surface area contributed by atoms with Crippen LogP contribution < -0.4 is 0 Å². The molecule has 2 aromatic heterocycles. The van der Waals surface area contributed by atoms with Gasteiger partial charge in [-0.1, -0.05) is 110 Å². The molecule has 0 saturated heterocycles. The van der Waals surface area contributed by atoms with Gasteiger partial charge in [0.15, 0.2) is 0 Å². The van der Waals surface area contributed by atoms with E-state index in [9.17, 15) is 0 Å². The highest BCUT2D eigenvalue weighted by Gasteiger charge is 2.21. The summed E-state index contributed by atoms with van der Waals surface area (Å²) in [6.45, 7) is 2.19. The Morgan fingerprint density at radius 3 is 2.05 bits per heavy atom. The number of hydrogen-bond acceptors (Lipinski definition) is 2. The predicted molar refractivity (Wildman–Crippen MR) is 184 cm³/mol. The van der Waals surface area contributed by atoms with Crippen molar-refractivity contribution < 1.29 is 4.42 Å². The maximum Gasteiger partial charge on any atom is 0.135 e. The molecule has 0 saturated carbocycles. The van der Waals surface area contributed by atoms with Gasteiger partial charge in [-0.3, -0.25) is 4.57 Å². The molecule has 7 aromatic carbocycles. The summed E-state index contributed by atoms with van der Waals surface area (Å²) in [6, 6.07) is 49.9. The van der Waals surface area contributed by atoms with E-state index in [1.165, 1.54) is 49.5 Å². The molecular weight excluding hydrogens is 536 g/mol. The van der Waals surface area contributed by atoms with E-state index in [1.807, 2.05) is 12.1 Å². The van der Waals surface area contributed by atoms with Crippen molar-refractivity contribution in [1.82, 2.24) is 9.55 Å². The Bertz CT molecular complexity index is 2540. The Balaban J connectivity index is 1.45. The monoisotopic (exact) mass is 564 g/mol. The molecule has 9 rings (SSSR count). The first-order valence-electron chi connectivity index (χ1n) is 15.2. The van der Waals surface area contributed by atoms with Gasteiger partial charge in [0.05, 0.1) is 16.7 Å². The zero-order chi connectivity index (χ0) is 29.2. The maximum atomic E-state index is 6.22. The smallest absolute Gasteiger partial charge is 0.135 e. The van der Waals surface area contributed by atoms with Gasteiger partial charge in [0.25, 0.3) is 0 Å². The van der Waals surface area contributed by atoms with Gasteiger partial charge in [0, 0.05) is 28.0 Å². The third-order valence-electron chi connectivity index (χ3n) is 8.94. The average molecular weight is 565 g/mol. The van der Waals surface area contributed by atoms with Gasteiger partial charge in [-0.2, -0.15) is 0 Å². The molecule has 0 aliphatic rings. The van der Waals surface area contributed by atoms with Crippen molar-refractivity contribution in [1.29, 1.82) is 0 Å². The van der Waals surface area contributed by atoms with E-state index in [-0.39, 0.29) is 0 Å². The predicted octanol–water partition coefficient (Wildman–Crippen LogP) is 11.1. The zero-order valence-electron chi connectivity index (χ0n) is 24.3. The van der Waals surface area contributed by atoms with Gasteiger partial charge in [0.2, 0.25) is 0 Å². The molecule has 0 amide bonds. The van der Waals surface area contributed by atoms with Crippen LogP contribution in [0.25, 0.3) is 82.5 Å². The van der Waals surface area contributed by atoms with E-state index < -0.39 is 0 Å². The number of furan rings is 1. The maximum absolute atomic E-state index is 6.22. The van der Waals surface area contributed by atoms with Crippen LogP contribution in [0.1, 0.15) is 12.7 Å². The summed E-state index contributed by atoms with van der Waals surface area (Å²) in [5.41, 5.74) is 9.94. The van der Waals surface area contributed by atoms with Crippen molar-refractivity contribution in [3.05, 3.63) is 145 Å². The van der Waals surface area contributed by atoms with Crippen molar-refractivity contribution in [2.75, 3.05) is 0 Å². The van der Waals surface area contributed by atoms with E-state index in [2.05, 4.69) is 139 Å². The quantitative estimate of drug-likeness (QED) is 0.199. The van der Waals surface area contributed by atoms with Gasteiger partial charge in [0.1, 0.15) is 17.0 Å². The number of hydrogen-bond donors (Lipinski definition) is 0. The highest BCUT2D eigenvalue weighted by Crippen LogP contribution is 2.44. The summed E-state index contributed by atoms with van der Waals surface area (Å²) in [7, 11) is 0. The van der Waals surface area contributed by atoms with Gasteiger partial charge in [-0.25, -0.2) is 4.98 Å². The standard InChI is InChI=1S/C41H28N2O/c1-2-39-42-35-17-9-10-18-36(35)43(39)41-31-16-7-6-15-30(31)40(34-24-27(20-22-32(34)41)26-12-4-3-5-13-26)28-21-23-38-33(25-28)29-14-8-11-19-37(29)44-38/h3-25H,2H2,1H3. The van der Waals surface area contributed by atoms with Crippen molar-refractivity contribution in [2.24, 2.45) is 0 Å². The topological polar surface area (TPSA) is 31.0 Å². The molecule has 0 N–H and O–H groups in total. The third-order valence-corrected chi connectivity index (χ3v) is 8.94. The van der Waals surface area contributed by atoms with Crippen LogP contribution in [0.4, 0.5) is 0 Å². The number of aryl methyl sites for hydroxylation is 1. The summed E-state index contributed by atoms with van der Waals surface area (Å²) in [5.74, 6) is 1.06. The molecule has 0 aliphatic heterocycles. The molecule has 0 unspecified atom stereocenters. The first kappa shape index (κ1) is 24.9. The third kappa shape index (κ3) is 3.66. The van der Waals surface area contributed by atoms with E-state index >= 15 is 0 Å². The molecule has 0 aliphatic carbocycles. The molecule has 3 nitrogen and oxygen atoms in total. The number of para-hydroxylation sites is 3. The normalized spacial score (nSPS) is 11.8. The summed E-state index contributed by atoms with van der Waals surface area (Å²) in [4.78, 5) is 5.08. The Morgan fingerprint density at radius 1 is 0.523 bits per heavy atom. The second-order valence-electron chi connectivity index (χ2n) is 11.4. The van der Waals surface area contributed by atoms with Crippen molar-refractivity contribution in [3.8, 4) is 27.9 Å². The first-order valence-corrected chi connectivity index (χ1v) is 15.2. The highest BCUT2D eigenvalue weighted by atomic mass is 16.3. The van der Waals surface area contributed by atoms with E-state index in [0.717, 1.165) is 45.2 Å². The van der Waals surface area contributed by atoms with Crippen molar-refractivity contribution in [2.45, 2.75) is 13.3 Å². The lowest BCUT2D eigenvalue weighted by Gasteiger charge is -2.20. The van der Waals surface area contributed by atoms with Crippen LogP contribution in [0, 0.1) is 0 Å². The highest BCUT2D eigenvalue weighted by molar-refractivity contribution is 6.20. The molecule has 3 heteroatoms. The SMILES string of the molecule is CCc1nc2ccccc2n1-c1c2ccccc2c(-c2ccc3oc4ccccc4c3c2)c2cc(-c3ccccc3)ccc12. The lowest BCUT2D eigenvalue weighted by molar-refractivity contribution is 0.669. The minimum Gasteiger partial charge on any atom is -0.456 e. The number of imidazole rings is 1. The summed E-state index contributed by atoms with van der Waals surface area (Å²) in [6.07, 6.45) is 0.832. The lowest BCUT2D eigenvalue weighted by Crippen LogP contribution is -2.03.